The Kier molecular flexibility index (Phi) is 5.42. The first-order valence-corrected chi connectivity index (χ1v) is 8.09. The van der Waals surface area contributed by atoms with Crippen LogP contribution >= 0.6 is 0 Å². The van der Waals surface area contributed by atoms with Gasteiger partial charge in [-0.15, -0.1) is 0 Å². The van der Waals surface area contributed by atoms with E-state index >= 15 is 0 Å². The van der Waals surface area contributed by atoms with Gasteiger partial charge in [0, 0.05) is 44.8 Å². The number of nitrogens with one attached hydrogen (secondary N) is 1. The third-order valence-electron chi connectivity index (χ3n) is 4.73. The van der Waals surface area contributed by atoms with Crippen LogP contribution in [0.2, 0.25) is 0 Å². The summed E-state index contributed by atoms with van der Waals surface area (Å²) in [6.07, 6.45) is 0. The van der Waals surface area contributed by atoms with Crippen LogP contribution in [0.15, 0.2) is 18.2 Å². The van der Waals surface area contributed by atoms with Gasteiger partial charge >= 0.3 is 0 Å². The number of aryl methyl sites for hydroxylation is 2. The average Bonchev–Trinajstić information content (AvgIpc) is 2.41. The van der Waals surface area contributed by atoms with Crippen LogP contribution in [0.5, 0.6) is 0 Å². The summed E-state index contributed by atoms with van der Waals surface area (Å²) in [5.41, 5.74) is 4.36. The molecule has 1 aromatic carbocycles. The second-order valence-electron chi connectivity index (χ2n) is 7.14. The van der Waals surface area contributed by atoms with Crippen molar-refractivity contribution >= 4 is 0 Å². The van der Waals surface area contributed by atoms with Gasteiger partial charge in [0.05, 0.1) is 0 Å². The lowest BCUT2D eigenvalue weighted by Gasteiger charge is -2.43. The van der Waals surface area contributed by atoms with Crippen molar-refractivity contribution in [3.63, 3.8) is 0 Å². The van der Waals surface area contributed by atoms with Crippen molar-refractivity contribution in [3.8, 4) is 0 Å². The number of piperazine rings is 1. The predicted octanol–water partition coefficient (Wildman–Crippen LogP) is 2.42. The second-order valence-corrected chi connectivity index (χ2v) is 7.14. The fourth-order valence-corrected chi connectivity index (χ4v) is 3.07. The minimum atomic E-state index is 0.222. The van der Waals surface area contributed by atoms with E-state index in [4.69, 9.17) is 0 Å². The van der Waals surface area contributed by atoms with Gasteiger partial charge in [0.15, 0.2) is 0 Å². The fraction of sp³-hybridized carbons (Fsp3) is 0.667. The minimum absolute atomic E-state index is 0.222. The first-order chi connectivity index (χ1) is 9.88. The van der Waals surface area contributed by atoms with Crippen LogP contribution in [0.1, 0.15) is 30.5 Å². The van der Waals surface area contributed by atoms with Gasteiger partial charge in [-0.3, -0.25) is 4.90 Å². The minimum Gasteiger partial charge on any atom is -0.311 e. The molecule has 118 valence electrons. The molecule has 21 heavy (non-hydrogen) atoms. The molecule has 1 saturated heterocycles. The molecular formula is C18H31N3. The molecule has 1 N–H and O–H groups in total. The van der Waals surface area contributed by atoms with E-state index in [1.807, 2.05) is 0 Å². The molecule has 3 heteroatoms. The fourth-order valence-electron chi connectivity index (χ4n) is 3.07. The molecule has 3 nitrogen and oxygen atoms in total. The van der Waals surface area contributed by atoms with Gasteiger partial charge in [-0.1, -0.05) is 23.8 Å². The van der Waals surface area contributed by atoms with Crippen molar-refractivity contribution in [1.29, 1.82) is 0 Å². The quantitative estimate of drug-likeness (QED) is 0.898. The van der Waals surface area contributed by atoms with Gasteiger partial charge in [0.2, 0.25) is 0 Å². The van der Waals surface area contributed by atoms with Crippen LogP contribution in [0, 0.1) is 13.8 Å². The molecule has 0 radical (unpaired) electrons. The van der Waals surface area contributed by atoms with Crippen molar-refractivity contribution in [2.75, 3.05) is 39.8 Å². The van der Waals surface area contributed by atoms with Gasteiger partial charge in [-0.2, -0.15) is 0 Å². The Hall–Kier alpha value is -0.900. The Bertz CT molecular complexity index is 460. The third-order valence-corrected chi connectivity index (χ3v) is 4.73. The summed E-state index contributed by atoms with van der Waals surface area (Å²) in [7, 11) is 2.21. The summed E-state index contributed by atoms with van der Waals surface area (Å²) in [4.78, 5) is 5.03. The first kappa shape index (κ1) is 16.5. The third kappa shape index (κ3) is 4.53. The number of hydrogen-bond acceptors (Lipinski definition) is 3. The van der Waals surface area contributed by atoms with E-state index in [0.717, 1.165) is 13.1 Å². The van der Waals surface area contributed by atoms with E-state index in [0.29, 0.717) is 0 Å². The molecule has 0 bridgehead atoms. The highest BCUT2D eigenvalue weighted by Crippen LogP contribution is 2.16. The van der Waals surface area contributed by atoms with E-state index in [1.54, 1.807) is 0 Å². The van der Waals surface area contributed by atoms with Crippen LogP contribution in [-0.2, 0) is 6.54 Å². The summed E-state index contributed by atoms with van der Waals surface area (Å²) in [5.74, 6) is 0. The predicted molar refractivity (Wildman–Crippen MR) is 90.8 cm³/mol. The monoisotopic (exact) mass is 289 g/mol. The molecule has 0 aromatic heterocycles. The highest BCUT2D eigenvalue weighted by atomic mass is 15.3. The van der Waals surface area contributed by atoms with Crippen molar-refractivity contribution in [1.82, 2.24) is 15.1 Å². The van der Waals surface area contributed by atoms with Crippen molar-refractivity contribution in [3.05, 3.63) is 34.9 Å². The van der Waals surface area contributed by atoms with E-state index in [9.17, 15) is 0 Å². The number of rotatable bonds is 5. The molecule has 2 rings (SSSR count). The van der Waals surface area contributed by atoms with Crippen molar-refractivity contribution < 1.29 is 0 Å². The normalized spacial score (nSPS) is 18.1. The average molecular weight is 289 g/mol. The summed E-state index contributed by atoms with van der Waals surface area (Å²) >= 11 is 0. The molecule has 1 aromatic rings. The number of likely N-dealkylation sites (N-methyl/N-ethyl adjacent to an activating group) is 1. The topological polar surface area (TPSA) is 18.5 Å². The van der Waals surface area contributed by atoms with Gasteiger partial charge < -0.3 is 10.2 Å². The largest absolute Gasteiger partial charge is 0.311 e. The molecule has 0 spiro atoms. The summed E-state index contributed by atoms with van der Waals surface area (Å²) in [5, 5.41) is 3.66. The molecule has 0 atom stereocenters. The van der Waals surface area contributed by atoms with Crippen LogP contribution in [0.25, 0.3) is 0 Å². The molecule has 0 unspecified atom stereocenters. The Morgan fingerprint density at radius 3 is 2.38 bits per heavy atom. The maximum absolute atomic E-state index is 3.66. The maximum atomic E-state index is 3.66. The van der Waals surface area contributed by atoms with Crippen LogP contribution in [-0.4, -0.2) is 55.1 Å². The number of benzene rings is 1. The zero-order valence-corrected chi connectivity index (χ0v) is 14.4. The van der Waals surface area contributed by atoms with E-state index in [1.165, 1.54) is 42.9 Å². The highest BCUT2D eigenvalue weighted by Gasteiger charge is 2.28. The first-order valence-electron chi connectivity index (χ1n) is 8.09. The smallest absolute Gasteiger partial charge is 0.0278 e. The lowest BCUT2D eigenvalue weighted by Crippen LogP contribution is -2.57. The maximum Gasteiger partial charge on any atom is 0.0278 e. The van der Waals surface area contributed by atoms with Crippen LogP contribution < -0.4 is 5.32 Å². The molecule has 1 aliphatic rings. The Morgan fingerprint density at radius 2 is 1.76 bits per heavy atom. The molecule has 1 fully saturated rings. The molecule has 1 heterocycles. The Labute approximate surface area is 130 Å². The second kappa shape index (κ2) is 6.91. The lowest BCUT2D eigenvalue weighted by atomic mass is 10.0. The highest BCUT2D eigenvalue weighted by molar-refractivity contribution is 5.30. The molecule has 0 saturated carbocycles. The SMILES string of the molecule is Cc1ccc(CNCC(C)(C)N2CCN(C)CC2)c(C)c1. The van der Waals surface area contributed by atoms with Crippen LogP contribution in [0.3, 0.4) is 0 Å². The molecule has 0 amide bonds. The Morgan fingerprint density at radius 1 is 1.10 bits per heavy atom. The summed E-state index contributed by atoms with van der Waals surface area (Å²) in [6, 6.07) is 6.72. The van der Waals surface area contributed by atoms with Gasteiger partial charge in [-0.05, 0) is 45.9 Å². The zero-order chi connectivity index (χ0) is 15.5. The van der Waals surface area contributed by atoms with Gasteiger partial charge in [0.1, 0.15) is 0 Å². The molecule has 1 aliphatic heterocycles. The number of nitrogens with zero attached hydrogens (tertiary/aromatic N) is 2. The summed E-state index contributed by atoms with van der Waals surface area (Å²) in [6.45, 7) is 15.8. The van der Waals surface area contributed by atoms with Gasteiger partial charge in [-0.25, -0.2) is 0 Å². The van der Waals surface area contributed by atoms with E-state index < -0.39 is 0 Å². The molecule has 0 aliphatic carbocycles. The van der Waals surface area contributed by atoms with Crippen molar-refractivity contribution in [2.45, 2.75) is 39.8 Å². The van der Waals surface area contributed by atoms with E-state index in [2.05, 4.69) is 68.1 Å². The Balaban J connectivity index is 1.84. The van der Waals surface area contributed by atoms with Crippen LogP contribution in [0.4, 0.5) is 0 Å². The zero-order valence-electron chi connectivity index (χ0n) is 14.4. The summed E-state index contributed by atoms with van der Waals surface area (Å²) < 4.78 is 0. The standard InChI is InChI=1S/C18H31N3/c1-15-6-7-17(16(2)12-15)13-19-14-18(3,4)21-10-8-20(5)9-11-21/h6-7,12,19H,8-11,13-14H2,1-5H3. The lowest BCUT2D eigenvalue weighted by molar-refractivity contribution is 0.0618. The van der Waals surface area contributed by atoms with Gasteiger partial charge in [0.25, 0.3) is 0 Å². The van der Waals surface area contributed by atoms with E-state index in [-0.39, 0.29) is 5.54 Å². The van der Waals surface area contributed by atoms with Crippen molar-refractivity contribution in [2.24, 2.45) is 0 Å². The number of hydrogen-bond donors (Lipinski definition) is 1. The molecular weight excluding hydrogens is 258 g/mol.